The Hall–Kier alpha value is -2.44. The first-order chi connectivity index (χ1) is 16.5. The summed E-state index contributed by atoms with van der Waals surface area (Å²) in [5, 5.41) is 0. The largest absolute Gasteiger partial charge is 0.458 e. The standard InChI is InChI=1S/C28H24Br2O4/c29-21-12-8-17(9-13-21)27(31)33-24-7-3-5-20-16-19-4-1-2-6-23(19)25(24)26(20)34-28(32)18-10-14-22(30)15-11-18/h1-2,4,6,8-15,20,24-26H,3,5,7,16H2/t20-,24+,25-,26-/m1/s1. The van der Waals surface area contributed by atoms with E-state index >= 15 is 0 Å². The fourth-order valence-electron chi connectivity index (χ4n) is 5.22. The Morgan fingerprint density at radius 3 is 1.97 bits per heavy atom. The lowest BCUT2D eigenvalue weighted by atomic mass is 9.73. The highest BCUT2D eigenvalue weighted by Gasteiger charge is 2.46. The average molecular weight is 584 g/mol. The van der Waals surface area contributed by atoms with Gasteiger partial charge in [0, 0.05) is 14.9 Å². The van der Waals surface area contributed by atoms with Crippen molar-refractivity contribution in [3.8, 4) is 0 Å². The number of benzene rings is 3. The molecule has 0 heterocycles. The molecule has 3 aromatic carbocycles. The predicted molar refractivity (Wildman–Crippen MR) is 137 cm³/mol. The highest BCUT2D eigenvalue weighted by atomic mass is 79.9. The molecule has 0 saturated heterocycles. The maximum Gasteiger partial charge on any atom is 0.338 e. The first-order valence-corrected chi connectivity index (χ1v) is 13.1. The fourth-order valence-corrected chi connectivity index (χ4v) is 5.75. The lowest BCUT2D eigenvalue weighted by Crippen LogP contribution is -2.42. The molecule has 2 bridgehead atoms. The molecular weight excluding hydrogens is 560 g/mol. The Morgan fingerprint density at radius 2 is 1.32 bits per heavy atom. The summed E-state index contributed by atoms with van der Waals surface area (Å²) in [6.07, 6.45) is 2.72. The molecule has 174 valence electrons. The lowest BCUT2D eigenvalue weighted by Gasteiger charge is -2.40. The minimum absolute atomic E-state index is 0.190. The van der Waals surface area contributed by atoms with Crippen LogP contribution >= 0.6 is 31.9 Å². The summed E-state index contributed by atoms with van der Waals surface area (Å²) in [5.74, 6) is -0.698. The van der Waals surface area contributed by atoms with E-state index in [1.54, 1.807) is 24.3 Å². The Kier molecular flexibility index (Phi) is 6.89. The van der Waals surface area contributed by atoms with Crippen molar-refractivity contribution in [2.45, 2.75) is 43.8 Å². The molecule has 3 aromatic rings. The Labute approximate surface area is 215 Å². The molecule has 34 heavy (non-hydrogen) atoms. The quantitative estimate of drug-likeness (QED) is 0.307. The van der Waals surface area contributed by atoms with Gasteiger partial charge in [-0.05, 0) is 85.3 Å². The number of carbonyl (C=O) groups is 2. The molecule has 1 saturated carbocycles. The summed E-state index contributed by atoms with van der Waals surface area (Å²) >= 11 is 6.82. The van der Waals surface area contributed by atoms with Crippen molar-refractivity contribution in [2.24, 2.45) is 5.92 Å². The first kappa shape index (κ1) is 23.3. The third-order valence-corrected chi connectivity index (χ3v) is 7.90. The molecule has 4 atom stereocenters. The zero-order chi connectivity index (χ0) is 23.7. The molecule has 0 aromatic heterocycles. The molecule has 0 unspecified atom stereocenters. The zero-order valence-electron chi connectivity index (χ0n) is 18.5. The first-order valence-electron chi connectivity index (χ1n) is 11.5. The van der Waals surface area contributed by atoms with E-state index in [2.05, 4.69) is 44.0 Å². The van der Waals surface area contributed by atoms with Crippen LogP contribution in [0.15, 0.2) is 81.7 Å². The fraction of sp³-hybridized carbons (Fsp3) is 0.286. The SMILES string of the molecule is O=C(O[C@@H]1[C@@H]2CCC[C@H](OC(=O)c3ccc(Br)cc3)[C@H]1c1ccccc1C2)c1ccc(Br)cc1. The number of ether oxygens (including phenoxy) is 2. The number of carbonyl (C=O) groups excluding carboxylic acids is 2. The van der Waals surface area contributed by atoms with Crippen molar-refractivity contribution < 1.29 is 19.1 Å². The number of halogens is 2. The Balaban J connectivity index is 1.46. The predicted octanol–water partition coefficient (Wildman–Crippen LogP) is 7.10. The maximum atomic E-state index is 13.1. The number of hydrogen-bond acceptors (Lipinski definition) is 4. The maximum absolute atomic E-state index is 13.1. The van der Waals surface area contributed by atoms with Gasteiger partial charge in [-0.3, -0.25) is 0 Å². The zero-order valence-corrected chi connectivity index (χ0v) is 21.6. The van der Waals surface area contributed by atoms with Crippen molar-refractivity contribution in [2.75, 3.05) is 0 Å². The van der Waals surface area contributed by atoms with E-state index in [4.69, 9.17) is 9.47 Å². The van der Waals surface area contributed by atoms with Gasteiger partial charge in [0.05, 0.1) is 17.0 Å². The van der Waals surface area contributed by atoms with E-state index in [1.807, 2.05) is 36.4 Å². The summed E-state index contributed by atoms with van der Waals surface area (Å²) in [6.45, 7) is 0. The Bertz CT molecular complexity index is 1190. The van der Waals surface area contributed by atoms with Crippen LogP contribution in [0.1, 0.15) is 57.0 Å². The second-order valence-corrected chi connectivity index (χ2v) is 10.8. The van der Waals surface area contributed by atoms with Gasteiger partial charge in [0.1, 0.15) is 12.2 Å². The molecule has 0 radical (unpaired) electrons. The second kappa shape index (κ2) is 10.0. The number of esters is 2. The van der Waals surface area contributed by atoms with Crippen LogP contribution in [0.4, 0.5) is 0 Å². The smallest absolute Gasteiger partial charge is 0.338 e. The molecule has 0 spiro atoms. The minimum Gasteiger partial charge on any atom is -0.458 e. The van der Waals surface area contributed by atoms with Crippen LogP contribution in [0.3, 0.4) is 0 Å². The van der Waals surface area contributed by atoms with E-state index in [0.29, 0.717) is 11.1 Å². The van der Waals surface area contributed by atoms with Crippen LogP contribution < -0.4 is 0 Å². The van der Waals surface area contributed by atoms with Crippen LogP contribution in [-0.2, 0) is 15.9 Å². The van der Waals surface area contributed by atoms with Crippen molar-refractivity contribution in [3.05, 3.63) is 104 Å². The summed E-state index contributed by atoms with van der Waals surface area (Å²) in [4.78, 5) is 26.2. The van der Waals surface area contributed by atoms with Gasteiger partial charge in [0.15, 0.2) is 0 Å². The van der Waals surface area contributed by atoms with Gasteiger partial charge in [-0.2, -0.15) is 0 Å². The summed E-state index contributed by atoms with van der Waals surface area (Å²) < 4.78 is 14.1. The normalized spacial score (nSPS) is 23.4. The molecule has 0 aliphatic heterocycles. The minimum atomic E-state index is -0.370. The van der Waals surface area contributed by atoms with E-state index in [-0.39, 0.29) is 36.0 Å². The van der Waals surface area contributed by atoms with Gasteiger partial charge >= 0.3 is 11.9 Å². The van der Waals surface area contributed by atoms with Crippen LogP contribution in [0.5, 0.6) is 0 Å². The number of rotatable bonds is 4. The van der Waals surface area contributed by atoms with Crippen molar-refractivity contribution >= 4 is 43.8 Å². The van der Waals surface area contributed by atoms with Crippen LogP contribution in [-0.4, -0.2) is 24.1 Å². The summed E-state index contributed by atoms with van der Waals surface area (Å²) in [7, 11) is 0. The van der Waals surface area contributed by atoms with Crippen LogP contribution in [0, 0.1) is 5.92 Å². The van der Waals surface area contributed by atoms with Gasteiger partial charge in [0.2, 0.25) is 0 Å². The molecular formula is C28H24Br2O4. The van der Waals surface area contributed by atoms with Crippen molar-refractivity contribution in [1.82, 2.24) is 0 Å². The molecule has 2 aliphatic rings. The molecule has 1 fully saturated rings. The molecule has 5 rings (SSSR count). The summed E-state index contributed by atoms with van der Waals surface area (Å²) in [6, 6.07) is 22.6. The van der Waals surface area contributed by atoms with Gasteiger partial charge < -0.3 is 9.47 Å². The summed E-state index contributed by atoms with van der Waals surface area (Å²) in [5.41, 5.74) is 3.39. The second-order valence-electron chi connectivity index (χ2n) is 8.95. The van der Waals surface area contributed by atoms with E-state index in [0.717, 1.165) is 40.2 Å². The van der Waals surface area contributed by atoms with E-state index < -0.39 is 0 Å². The third-order valence-electron chi connectivity index (χ3n) is 6.84. The van der Waals surface area contributed by atoms with Crippen molar-refractivity contribution in [3.63, 3.8) is 0 Å². The van der Waals surface area contributed by atoms with Gasteiger partial charge in [-0.1, -0.05) is 56.1 Å². The number of fused-ring (bicyclic) bond motifs is 4. The van der Waals surface area contributed by atoms with Crippen LogP contribution in [0.2, 0.25) is 0 Å². The van der Waals surface area contributed by atoms with Crippen molar-refractivity contribution in [1.29, 1.82) is 0 Å². The third kappa shape index (κ3) is 4.84. The molecule has 6 heteroatoms. The molecule has 0 amide bonds. The highest BCUT2D eigenvalue weighted by Crippen LogP contribution is 2.46. The van der Waals surface area contributed by atoms with Gasteiger partial charge in [0.25, 0.3) is 0 Å². The lowest BCUT2D eigenvalue weighted by molar-refractivity contribution is -0.0271. The van der Waals surface area contributed by atoms with Gasteiger partial charge in [-0.15, -0.1) is 0 Å². The topological polar surface area (TPSA) is 52.6 Å². The molecule has 2 aliphatic carbocycles. The van der Waals surface area contributed by atoms with Crippen LogP contribution in [0.25, 0.3) is 0 Å². The Morgan fingerprint density at radius 1 is 0.735 bits per heavy atom. The van der Waals surface area contributed by atoms with E-state index in [9.17, 15) is 9.59 Å². The van der Waals surface area contributed by atoms with Gasteiger partial charge in [-0.25, -0.2) is 9.59 Å². The molecule has 0 N–H and O–H groups in total. The monoisotopic (exact) mass is 582 g/mol. The molecule has 4 nitrogen and oxygen atoms in total. The average Bonchev–Trinajstić information content (AvgIpc) is 2.94. The highest BCUT2D eigenvalue weighted by molar-refractivity contribution is 9.10. The van der Waals surface area contributed by atoms with E-state index in [1.165, 1.54) is 5.56 Å². The number of hydrogen-bond donors (Lipinski definition) is 0.